The van der Waals surface area contributed by atoms with E-state index in [4.69, 9.17) is 11.1 Å². The molecule has 4 heteroatoms. The number of imidazole rings is 1. The molecule has 2 nitrogen and oxygen atoms in total. The van der Waals surface area contributed by atoms with Crippen molar-refractivity contribution in [3.63, 3.8) is 0 Å². The molecule has 1 aromatic rings. The maximum Gasteiger partial charge on any atom is 0.252 e. The van der Waals surface area contributed by atoms with Gasteiger partial charge in [-0.2, -0.15) is 11.1 Å². The first-order valence-electron chi connectivity index (χ1n) is 4.10. The lowest BCUT2D eigenvalue weighted by Gasteiger charge is -2.09. The van der Waals surface area contributed by atoms with E-state index >= 15 is 0 Å². The van der Waals surface area contributed by atoms with Crippen LogP contribution in [0, 0.1) is 6.92 Å². The maximum absolute atomic E-state index is 6.26. The summed E-state index contributed by atoms with van der Waals surface area (Å²) < 4.78 is 4.33. The van der Waals surface area contributed by atoms with Crippen molar-refractivity contribution in [1.29, 1.82) is 0 Å². The van der Waals surface area contributed by atoms with Gasteiger partial charge in [-0.3, -0.25) is 0 Å². The van der Waals surface area contributed by atoms with E-state index < -0.39 is 7.38 Å². The maximum atomic E-state index is 6.26. The average molecular weight is 204 g/mol. The summed E-state index contributed by atoms with van der Waals surface area (Å²) >= 11 is 6.26. The largest absolute Gasteiger partial charge is 0.252 e. The summed E-state index contributed by atoms with van der Waals surface area (Å²) in [4.78, 5) is 0. The van der Waals surface area contributed by atoms with E-state index in [1.807, 2.05) is 0 Å². The van der Waals surface area contributed by atoms with Gasteiger partial charge in [0, 0.05) is 6.92 Å². The zero-order valence-electron chi connectivity index (χ0n) is 8.13. The molecule has 0 aromatic carbocycles. The molecule has 68 valence electrons. The van der Waals surface area contributed by atoms with Crippen molar-refractivity contribution >= 4 is 18.5 Å². The van der Waals surface area contributed by atoms with Gasteiger partial charge < -0.3 is 0 Å². The summed E-state index contributed by atoms with van der Waals surface area (Å²) in [6.45, 7) is 6.43. The minimum atomic E-state index is -1.49. The molecule has 0 fully saturated rings. The molecule has 0 spiro atoms. The lowest BCUT2D eigenvalue weighted by molar-refractivity contribution is -0.677. The second-order valence-electron chi connectivity index (χ2n) is 3.80. The zero-order valence-corrected chi connectivity index (χ0v) is 9.89. The van der Waals surface area contributed by atoms with Crippen LogP contribution in [-0.4, -0.2) is 12.0 Å². The molecule has 0 atom stereocenters. The Balaban J connectivity index is 2.83. The molecule has 0 radical (unpaired) electrons. The van der Waals surface area contributed by atoms with Crippen LogP contribution in [-0.2, 0) is 13.2 Å². The van der Waals surface area contributed by atoms with Crippen LogP contribution in [0.2, 0.25) is 13.1 Å². The molecule has 0 unspecified atom stereocenters. The van der Waals surface area contributed by atoms with Crippen molar-refractivity contribution in [2.24, 2.45) is 7.05 Å². The summed E-state index contributed by atoms with van der Waals surface area (Å²) in [6.07, 6.45) is 5.14. The Bertz CT molecular complexity index is 275. The number of nitrogens with zero attached hydrogens (tertiary/aromatic N) is 2. The number of aromatic nitrogens is 2. The van der Waals surface area contributed by atoms with Gasteiger partial charge in [0.05, 0.1) is 13.2 Å². The van der Waals surface area contributed by atoms with Crippen LogP contribution < -0.4 is 4.57 Å². The highest BCUT2D eigenvalue weighted by molar-refractivity contribution is 7.18. The second-order valence-corrected chi connectivity index (χ2v) is 10.6. The fourth-order valence-electron chi connectivity index (χ4n) is 1.17. The molecule has 0 aliphatic rings. The van der Waals surface area contributed by atoms with Crippen LogP contribution in [0.5, 0.6) is 0 Å². The SMILES string of the molecule is Cc1n(C[Si](C)(C)Cl)cc[n+]1C. The normalized spacial score (nSPS) is 12.1. The monoisotopic (exact) mass is 203 g/mol. The summed E-state index contributed by atoms with van der Waals surface area (Å²) in [5.41, 5.74) is 0. The smallest absolute Gasteiger partial charge is 0.237 e. The molecule has 0 saturated heterocycles. The number of hydrogen-bond donors (Lipinski definition) is 0. The summed E-state index contributed by atoms with van der Waals surface area (Å²) in [5.74, 6) is 1.26. The van der Waals surface area contributed by atoms with Crippen LogP contribution >= 0.6 is 11.1 Å². The third-order valence-corrected chi connectivity index (χ3v) is 3.39. The highest BCUT2D eigenvalue weighted by Crippen LogP contribution is 2.11. The van der Waals surface area contributed by atoms with Crippen molar-refractivity contribution in [1.82, 2.24) is 4.57 Å². The predicted molar refractivity (Wildman–Crippen MR) is 53.7 cm³/mol. The first-order chi connectivity index (χ1) is 5.40. The van der Waals surface area contributed by atoms with Gasteiger partial charge in [0.25, 0.3) is 5.82 Å². The lowest BCUT2D eigenvalue weighted by atomic mass is 10.7. The highest BCUT2D eigenvalue weighted by atomic mass is 35.6. The molecule has 0 aliphatic heterocycles. The molecule has 0 saturated carbocycles. The van der Waals surface area contributed by atoms with Gasteiger partial charge in [0.1, 0.15) is 12.4 Å². The average Bonchev–Trinajstić information content (AvgIpc) is 2.16. The van der Waals surface area contributed by atoms with Crippen LogP contribution in [0.15, 0.2) is 12.4 Å². The number of rotatable bonds is 2. The van der Waals surface area contributed by atoms with E-state index in [0.29, 0.717) is 0 Å². The van der Waals surface area contributed by atoms with Gasteiger partial charge in [-0.1, -0.05) is 13.1 Å². The first kappa shape index (κ1) is 9.80. The van der Waals surface area contributed by atoms with Gasteiger partial charge in [-0.05, 0) is 0 Å². The Morgan fingerprint density at radius 3 is 2.50 bits per heavy atom. The second kappa shape index (κ2) is 3.22. The summed E-state index contributed by atoms with van der Waals surface area (Å²) in [7, 11) is 0.556. The Hall–Kier alpha value is -0.283. The van der Waals surface area contributed by atoms with Crippen LogP contribution in [0.4, 0.5) is 0 Å². The molecule has 0 bridgehead atoms. The van der Waals surface area contributed by atoms with Crippen molar-refractivity contribution in [2.45, 2.75) is 26.2 Å². The Labute approximate surface area is 79.5 Å². The molecule has 0 aliphatic carbocycles. The minimum Gasteiger partial charge on any atom is -0.237 e. The third-order valence-electron chi connectivity index (χ3n) is 1.94. The van der Waals surface area contributed by atoms with Gasteiger partial charge in [-0.25, -0.2) is 9.13 Å². The van der Waals surface area contributed by atoms with E-state index in [0.717, 1.165) is 6.17 Å². The molecular weight excluding hydrogens is 188 g/mol. The quantitative estimate of drug-likeness (QED) is 0.393. The van der Waals surface area contributed by atoms with Crippen LogP contribution in [0.3, 0.4) is 0 Å². The molecular formula is C8H16ClN2Si+. The van der Waals surface area contributed by atoms with Crippen molar-refractivity contribution < 1.29 is 4.57 Å². The summed E-state index contributed by atoms with van der Waals surface area (Å²) in [6, 6.07) is 0. The van der Waals surface area contributed by atoms with E-state index in [2.05, 4.69) is 48.6 Å². The predicted octanol–water partition coefficient (Wildman–Crippen LogP) is 1.60. The topological polar surface area (TPSA) is 8.81 Å². The van der Waals surface area contributed by atoms with E-state index in [1.165, 1.54) is 5.82 Å². The zero-order chi connectivity index (χ0) is 9.35. The lowest BCUT2D eigenvalue weighted by Crippen LogP contribution is -2.32. The number of halogens is 1. The van der Waals surface area contributed by atoms with Crippen molar-refractivity contribution in [3.8, 4) is 0 Å². The highest BCUT2D eigenvalue weighted by Gasteiger charge is 2.23. The van der Waals surface area contributed by atoms with Gasteiger partial charge >= 0.3 is 0 Å². The van der Waals surface area contributed by atoms with Crippen molar-refractivity contribution in [3.05, 3.63) is 18.2 Å². The fraction of sp³-hybridized carbons (Fsp3) is 0.625. The van der Waals surface area contributed by atoms with Gasteiger partial charge in [-0.15, -0.1) is 0 Å². The van der Waals surface area contributed by atoms with E-state index in [1.54, 1.807) is 0 Å². The summed E-state index contributed by atoms with van der Waals surface area (Å²) in [5, 5.41) is 0. The fourth-order valence-corrected chi connectivity index (χ4v) is 2.70. The minimum absolute atomic E-state index is 0.987. The molecule has 12 heavy (non-hydrogen) atoms. The molecule has 0 N–H and O–H groups in total. The van der Waals surface area contributed by atoms with Crippen molar-refractivity contribution in [2.75, 3.05) is 0 Å². The molecule has 0 amide bonds. The standard InChI is InChI=1S/C8H16ClN2Si/c1-8-10(2)5-6-11(8)7-12(3,4)9/h5-6H,7H2,1-4H3/q+1. The third kappa shape index (κ3) is 2.35. The first-order valence-corrected chi connectivity index (χ1v) is 8.32. The van der Waals surface area contributed by atoms with Gasteiger partial charge in [0.2, 0.25) is 0 Å². The number of hydrogen-bond acceptors (Lipinski definition) is 0. The molecule has 1 rings (SSSR count). The van der Waals surface area contributed by atoms with E-state index in [-0.39, 0.29) is 0 Å². The molecule has 1 aromatic heterocycles. The number of aryl methyl sites for hydroxylation is 1. The van der Waals surface area contributed by atoms with Gasteiger partial charge in [0.15, 0.2) is 7.38 Å². The molecule has 1 heterocycles. The van der Waals surface area contributed by atoms with Crippen LogP contribution in [0.1, 0.15) is 5.82 Å². The Morgan fingerprint density at radius 2 is 2.17 bits per heavy atom. The Kier molecular flexibility index (Phi) is 2.63. The van der Waals surface area contributed by atoms with Crippen LogP contribution in [0.25, 0.3) is 0 Å². The van der Waals surface area contributed by atoms with E-state index in [9.17, 15) is 0 Å². The Morgan fingerprint density at radius 1 is 1.58 bits per heavy atom.